The normalized spacial score (nSPS) is 10.2. The van der Waals surface area contributed by atoms with Crippen molar-refractivity contribution in [2.45, 2.75) is 0 Å². The highest BCUT2D eigenvalue weighted by Crippen LogP contribution is 2.17. The van der Waals surface area contributed by atoms with Crippen LogP contribution in [-0.2, 0) is 0 Å². The summed E-state index contributed by atoms with van der Waals surface area (Å²) in [5.74, 6) is 0. The highest BCUT2D eigenvalue weighted by atomic mass is 32.7. The molecule has 4 heavy (non-hydrogen) atoms. The van der Waals surface area contributed by atoms with Crippen molar-refractivity contribution in [3.63, 3.8) is 0 Å². The van der Waals surface area contributed by atoms with Crippen LogP contribution >= 0.6 is 19.0 Å². The van der Waals surface area contributed by atoms with Crippen molar-refractivity contribution in [1.29, 1.82) is 0 Å². The summed E-state index contributed by atoms with van der Waals surface area (Å²) in [5, 5.41) is 0. The van der Waals surface area contributed by atoms with Crippen LogP contribution in [0.25, 0.3) is 0 Å². The van der Waals surface area contributed by atoms with Crippen molar-refractivity contribution >= 4 is 26.1 Å². The van der Waals surface area contributed by atoms with Gasteiger partial charge in [0.1, 0.15) is 0 Å². The zero-order valence-electron chi connectivity index (χ0n) is 2.91. The molecule has 0 fully saturated rings. The fraction of sp³-hybridized carbons (Fsp3) is 1.00. The summed E-state index contributed by atoms with van der Waals surface area (Å²) in [6, 6.07) is 0. The molecule has 0 aliphatic carbocycles. The topological polar surface area (TPSA) is 0 Å². The molecule has 0 aromatic rings. The number of rotatable bonds is 1. The Morgan fingerprint density at radius 2 is 2.25 bits per heavy atom. The van der Waals surface area contributed by atoms with Crippen LogP contribution in [0.4, 0.5) is 0 Å². The monoisotopic (exact) mass is 92.0 g/mol. The molecule has 0 heterocycles. The summed E-state index contributed by atoms with van der Waals surface area (Å²) < 4.78 is 0. The first kappa shape index (κ1) is 4.84. The molecule has 0 amide bonds. The first-order valence-electron chi connectivity index (χ1n) is 1.11. The van der Waals surface area contributed by atoms with E-state index < -0.39 is 0 Å². The standard InChI is InChI=1S/CH6BPS/c1-3-4-2/h3H,2H2,1H3. The molecule has 0 nitrogen and oxygen atoms in total. The van der Waals surface area contributed by atoms with Gasteiger partial charge < -0.3 is 0 Å². The van der Waals surface area contributed by atoms with Crippen LogP contribution < -0.4 is 0 Å². The summed E-state index contributed by atoms with van der Waals surface area (Å²) in [6.07, 6.45) is 0. The second kappa shape index (κ2) is 3.84. The van der Waals surface area contributed by atoms with Gasteiger partial charge in [0.05, 0.1) is 0 Å². The van der Waals surface area contributed by atoms with Crippen LogP contribution in [-0.4, -0.2) is 13.8 Å². The number of hydrogen-bond donors (Lipinski definition) is 0. The van der Waals surface area contributed by atoms with Crippen LogP contribution in [0.2, 0.25) is 0 Å². The lowest BCUT2D eigenvalue weighted by Gasteiger charge is -1.70. The van der Waals surface area contributed by atoms with Gasteiger partial charge in [-0.25, -0.2) is 0 Å². The number of hydrogen-bond acceptors (Lipinski definition) is 1. The molecule has 0 aliphatic heterocycles. The van der Waals surface area contributed by atoms with E-state index in [0.717, 1.165) is 7.78 Å². The maximum absolute atomic E-state index is 2.17. The fourth-order valence-corrected chi connectivity index (χ4v) is 0. The van der Waals surface area contributed by atoms with Gasteiger partial charge in [0.25, 0.3) is 0 Å². The van der Waals surface area contributed by atoms with Gasteiger partial charge in [0.2, 0.25) is 0 Å². The predicted octanol–water partition coefficient (Wildman–Crippen LogP) is 0.491. The van der Waals surface area contributed by atoms with E-state index in [1.165, 1.54) is 0 Å². The van der Waals surface area contributed by atoms with Crippen LogP contribution in [0.3, 0.4) is 0 Å². The maximum atomic E-state index is 2.17. The van der Waals surface area contributed by atoms with Gasteiger partial charge in [0.15, 0.2) is 7.12 Å². The zero-order chi connectivity index (χ0) is 3.41. The third-order valence-electron chi connectivity index (χ3n) is 0.204. The van der Waals surface area contributed by atoms with Crippen molar-refractivity contribution < 1.29 is 0 Å². The van der Waals surface area contributed by atoms with Crippen molar-refractivity contribution in [2.24, 2.45) is 0 Å². The van der Waals surface area contributed by atoms with Gasteiger partial charge in [-0.05, 0) is 6.66 Å². The Morgan fingerprint density at radius 1 is 2.00 bits per heavy atom. The van der Waals surface area contributed by atoms with Crippen LogP contribution in [0.15, 0.2) is 0 Å². The average molecular weight is 91.9 g/mol. The van der Waals surface area contributed by atoms with E-state index in [1.54, 1.807) is 0 Å². The lowest BCUT2D eigenvalue weighted by molar-refractivity contribution is 2.51. The fourth-order valence-electron chi connectivity index (χ4n) is 0. The van der Waals surface area contributed by atoms with E-state index in [9.17, 15) is 0 Å². The molecule has 0 aliphatic rings. The van der Waals surface area contributed by atoms with Gasteiger partial charge in [-0.15, -0.1) is 0 Å². The van der Waals surface area contributed by atoms with Crippen molar-refractivity contribution in [2.75, 3.05) is 6.66 Å². The summed E-state index contributed by atoms with van der Waals surface area (Å²) in [4.78, 5) is 0. The van der Waals surface area contributed by atoms with Gasteiger partial charge in [-0.2, -0.15) is 11.2 Å². The average Bonchev–Trinajstić information content (AvgIpc) is 1.37. The van der Waals surface area contributed by atoms with Crippen molar-refractivity contribution in [3.8, 4) is 0 Å². The molecule has 0 spiro atoms. The first-order chi connectivity index (χ1) is 1.91. The smallest absolute Gasteiger partial charge is 0.179 e. The van der Waals surface area contributed by atoms with E-state index in [1.807, 2.05) is 11.2 Å². The van der Waals surface area contributed by atoms with E-state index in [4.69, 9.17) is 0 Å². The molecule has 0 bridgehead atoms. The molecule has 0 saturated heterocycles. The molecule has 0 saturated carbocycles. The largest absolute Gasteiger partial charge is 0.196 e. The lowest BCUT2D eigenvalue weighted by atomic mass is 10.8. The summed E-state index contributed by atoms with van der Waals surface area (Å²) in [7, 11) is 3.17. The second-order valence-electron chi connectivity index (χ2n) is 0.408. The maximum Gasteiger partial charge on any atom is 0.179 e. The molecule has 0 radical (unpaired) electrons. The Labute approximate surface area is 33.6 Å². The summed E-state index contributed by atoms with van der Waals surface area (Å²) >= 11 is 1.88. The second-order valence-corrected chi connectivity index (χ2v) is 3.67. The minimum atomic E-state index is 1.06. The zero-order valence-corrected chi connectivity index (χ0v) is 4.72. The Kier molecular flexibility index (Phi) is 4.66. The highest BCUT2D eigenvalue weighted by Gasteiger charge is 1.55. The Bertz CT molecular complexity index is 10.0. The van der Waals surface area contributed by atoms with Gasteiger partial charge >= 0.3 is 0 Å². The first-order valence-corrected chi connectivity index (χ1v) is 4.56. The molecule has 0 aromatic heterocycles. The Balaban J connectivity index is 1.97. The van der Waals surface area contributed by atoms with Crippen LogP contribution in [0.5, 0.6) is 0 Å². The SMILES string of the molecule is BSPC. The molecule has 24 valence electrons. The third kappa shape index (κ3) is 2.84. The van der Waals surface area contributed by atoms with Gasteiger partial charge in [0, 0.05) is 0 Å². The lowest BCUT2D eigenvalue weighted by Crippen LogP contribution is -1.28. The highest BCUT2D eigenvalue weighted by molar-refractivity contribution is 8.60. The molecular weight excluding hydrogens is 85.9 g/mol. The molecule has 0 rings (SSSR count). The molecule has 0 aromatic carbocycles. The van der Waals surface area contributed by atoms with Gasteiger partial charge in [-0.1, -0.05) is 7.78 Å². The predicted molar refractivity (Wildman–Crippen MR) is 30.4 cm³/mol. The van der Waals surface area contributed by atoms with Crippen molar-refractivity contribution in [1.82, 2.24) is 0 Å². The van der Waals surface area contributed by atoms with E-state index in [-0.39, 0.29) is 0 Å². The summed E-state index contributed by atoms with van der Waals surface area (Å²) in [6.45, 7) is 2.17. The minimum Gasteiger partial charge on any atom is -0.196 e. The summed E-state index contributed by atoms with van der Waals surface area (Å²) in [5.41, 5.74) is 0. The van der Waals surface area contributed by atoms with Gasteiger partial charge in [-0.3, -0.25) is 0 Å². The molecule has 1 unspecified atom stereocenters. The minimum absolute atomic E-state index is 1.06. The van der Waals surface area contributed by atoms with E-state index in [0.29, 0.717) is 0 Å². The quantitative estimate of drug-likeness (QED) is 0.335. The molecule has 1 atom stereocenters. The van der Waals surface area contributed by atoms with E-state index >= 15 is 0 Å². The van der Waals surface area contributed by atoms with E-state index in [2.05, 4.69) is 13.8 Å². The van der Waals surface area contributed by atoms with Crippen LogP contribution in [0, 0.1) is 0 Å². The van der Waals surface area contributed by atoms with Crippen LogP contribution in [0.1, 0.15) is 0 Å². The molecular formula is CH6BPS. The Morgan fingerprint density at radius 3 is 2.25 bits per heavy atom. The Hall–Kier alpha value is 0.845. The third-order valence-corrected chi connectivity index (χ3v) is 1.84. The van der Waals surface area contributed by atoms with Crippen molar-refractivity contribution in [3.05, 3.63) is 0 Å². The molecule has 0 N–H and O–H groups in total. The molecule has 3 heteroatoms.